The molecule has 0 radical (unpaired) electrons. The molecule has 0 aliphatic heterocycles. The number of rotatable bonds is 3. The molecule has 1 heterocycles. The Morgan fingerprint density at radius 2 is 2.05 bits per heavy atom. The summed E-state index contributed by atoms with van der Waals surface area (Å²) in [5.41, 5.74) is 11.1. The van der Waals surface area contributed by atoms with Gasteiger partial charge in [0.05, 0.1) is 22.4 Å². The van der Waals surface area contributed by atoms with Gasteiger partial charge in [-0.3, -0.25) is 4.79 Å². The molecule has 0 fully saturated rings. The molecule has 3 N–H and O–H groups in total. The van der Waals surface area contributed by atoms with E-state index in [0.29, 0.717) is 17.8 Å². The first-order valence-corrected chi connectivity index (χ1v) is 6.64. The molecule has 5 heteroatoms. The third-order valence-electron chi connectivity index (χ3n) is 3.61. The minimum atomic E-state index is 0.532. The Labute approximate surface area is 122 Å². The van der Waals surface area contributed by atoms with Crippen LogP contribution in [-0.4, -0.2) is 16.0 Å². The number of nitrogens with one attached hydrogen (secondary N) is 1. The van der Waals surface area contributed by atoms with Gasteiger partial charge in [0, 0.05) is 12.6 Å². The van der Waals surface area contributed by atoms with Gasteiger partial charge in [0.2, 0.25) is 6.41 Å². The molecular weight excluding hydrogens is 264 g/mol. The van der Waals surface area contributed by atoms with Gasteiger partial charge in [0.25, 0.3) is 0 Å². The van der Waals surface area contributed by atoms with Crippen LogP contribution in [0.15, 0.2) is 36.4 Å². The van der Waals surface area contributed by atoms with Crippen LogP contribution < -0.4 is 11.1 Å². The number of hydrogen-bond acceptors (Lipinski definition) is 3. The van der Waals surface area contributed by atoms with Gasteiger partial charge in [-0.15, -0.1) is 0 Å². The van der Waals surface area contributed by atoms with E-state index in [1.165, 1.54) is 0 Å². The van der Waals surface area contributed by atoms with Crippen molar-refractivity contribution in [1.29, 1.82) is 0 Å². The minimum Gasteiger partial charge on any atom is -0.397 e. The summed E-state index contributed by atoms with van der Waals surface area (Å²) in [4.78, 5) is 15.3. The molecule has 0 atom stereocenters. The van der Waals surface area contributed by atoms with Gasteiger partial charge in [-0.2, -0.15) is 0 Å². The summed E-state index contributed by atoms with van der Waals surface area (Å²) in [6, 6.07) is 11.8. The maximum absolute atomic E-state index is 10.6. The van der Waals surface area contributed by atoms with E-state index in [4.69, 9.17) is 5.73 Å². The van der Waals surface area contributed by atoms with E-state index in [1.807, 2.05) is 54.9 Å². The summed E-state index contributed by atoms with van der Waals surface area (Å²) in [6.07, 6.45) is 0.632. The summed E-state index contributed by atoms with van der Waals surface area (Å²) < 4.78 is 2.04. The lowest BCUT2D eigenvalue weighted by Crippen LogP contribution is -2.03. The van der Waals surface area contributed by atoms with Crippen LogP contribution in [0.1, 0.15) is 5.56 Å². The summed E-state index contributed by atoms with van der Waals surface area (Å²) in [5, 5.41) is 2.63. The van der Waals surface area contributed by atoms with Gasteiger partial charge in [-0.25, -0.2) is 4.98 Å². The van der Waals surface area contributed by atoms with Crippen LogP contribution in [0.25, 0.3) is 22.4 Å². The average molecular weight is 280 g/mol. The highest BCUT2D eigenvalue weighted by Crippen LogP contribution is 2.31. The molecular formula is C16H16N4O. The lowest BCUT2D eigenvalue weighted by atomic mass is 10.1. The Hall–Kier alpha value is -2.82. The van der Waals surface area contributed by atoms with Crippen molar-refractivity contribution in [2.75, 3.05) is 11.1 Å². The topological polar surface area (TPSA) is 72.9 Å². The van der Waals surface area contributed by atoms with E-state index in [1.54, 1.807) is 0 Å². The number of benzene rings is 2. The highest BCUT2D eigenvalue weighted by molar-refractivity contribution is 5.86. The molecule has 3 rings (SSSR count). The zero-order valence-corrected chi connectivity index (χ0v) is 11.9. The largest absolute Gasteiger partial charge is 0.397 e. The number of imidazole rings is 1. The maximum atomic E-state index is 10.6. The fraction of sp³-hybridized carbons (Fsp3) is 0.125. The lowest BCUT2D eigenvalue weighted by Gasteiger charge is -2.11. The molecule has 3 aromatic rings. The minimum absolute atomic E-state index is 0.532. The molecule has 0 aliphatic rings. The number of carbonyl (C=O) groups excluding carboxylic acids is 1. The Kier molecular flexibility index (Phi) is 3.10. The predicted octanol–water partition coefficient (Wildman–Crippen LogP) is 2.70. The number of amides is 1. The second kappa shape index (κ2) is 4.94. The Morgan fingerprint density at radius 3 is 2.71 bits per heavy atom. The second-order valence-electron chi connectivity index (χ2n) is 5.00. The van der Waals surface area contributed by atoms with Gasteiger partial charge >= 0.3 is 0 Å². The van der Waals surface area contributed by atoms with Crippen molar-refractivity contribution in [2.45, 2.75) is 6.92 Å². The third kappa shape index (κ3) is 2.12. The highest BCUT2D eigenvalue weighted by Gasteiger charge is 2.12. The molecule has 1 amide bonds. The molecule has 5 nitrogen and oxygen atoms in total. The van der Waals surface area contributed by atoms with Crippen molar-refractivity contribution < 1.29 is 4.79 Å². The lowest BCUT2D eigenvalue weighted by molar-refractivity contribution is -0.105. The van der Waals surface area contributed by atoms with E-state index >= 15 is 0 Å². The molecule has 0 unspecified atom stereocenters. The van der Waals surface area contributed by atoms with E-state index in [-0.39, 0.29) is 0 Å². The zero-order chi connectivity index (χ0) is 15.0. The molecule has 0 saturated heterocycles. The molecule has 0 aliphatic carbocycles. The highest BCUT2D eigenvalue weighted by atomic mass is 16.1. The van der Waals surface area contributed by atoms with Crippen molar-refractivity contribution in [1.82, 2.24) is 9.55 Å². The third-order valence-corrected chi connectivity index (χ3v) is 3.61. The number of nitrogens with zero attached hydrogens (tertiary/aromatic N) is 2. The number of hydrogen-bond donors (Lipinski definition) is 2. The van der Waals surface area contributed by atoms with Gasteiger partial charge in [0.15, 0.2) is 0 Å². The zero-order valence-electron chi connectivity index (χ0n) is 11.9. The Morgan fingerprint density at radius 1 is 1.29 bits per heavy atom. The molecule has 106 valence electrons. The van der Waals surface area contributed by atoms with E-state index < -0.39 is 0 Å². The number of nitrogens with two attached hydrogens (primary N) is 1. The molecule has 1 aromatic heterocycles. The summed E-state index contributed by atoms with van der Waals surface area (Å²) in [7, 11) is 1.98. The predicted molar refractivity (Wildman–Crippen MR) is 85.0 cm³/mol. The van der Waals surface area contributed by atoms with Crippen molar-refractivity contribution in [2.24, 2.45) is 7.05 Å². The van der Waals surface area contributed by atoms with Gasteiger partial charge < -0.3 is 15.6 Å². The Balaban J connectivity index is 2.19. The van der Waals surface area contributed by atoms with Crippen molar-refractivity contribution >= 4 is 28.8 Å². The van der Waals surface area contributed by atoms with Gasteiger partial charge in [-0.05, 0) is 36.8 Å². The van der Waals surface area contributed by atoms with E-state index in [2.05, 4.69) is 10.3 Å². The number of aryl methyl sites for hydroxylation is 2. The monoisotopic (exact) mass is 280 g/mol. The van der Waals surface area contributed by atoms with Crippen molar-refractivity contribution in [3.8, 4) is 11.4 Å². The standard InChI is InChI=1S/C16H16N4O/c1-10-7-11(8-12(17)15(10)18-9-21)16-19-13-5-3-4-6-14(13)20(16)2/h3-9H,17H2,1-2H3,(H,18,21). The molecule has 0 spiro atoms. The second-order valence-corrected chi connectivity index (χ2v) is 5.00. The summed E-state index contributed by atoms with van der Waals surface area (Å²) in [5.74, 6) is 0.851. The first-order valence-electron chi connectivity index (χ1n) is 6.64. The smallest absolute Gasteiger partial charge is 0.211 e. The van der Waals surface area contributed by atoms with Crippen LogP contribution in [0, 0.1) is 6.92 Å². The normalized spacial score (nSPS) is 10.8. The Bertz CT molecular complexity index is 812. The number of fused-ring (bicyclic) bond motifs is 1. The summed E-state index contributed by atoms with van der Waals surface area (Å²) in [6.45, 7) is 1.91. The van der Waals surface area contributed by atoms with Crippen LogP contribution in [0.4, 0.5) is 11.4 Å². The first kappa shape index (κ1) is 13.2. The molecule has 0 saturated carbocycles. The molecule has 2 aromatic carbocycles. The number of nitrogen functional groups attached to an aromatic ring is 1. The van der Waals surface area contributed by atoms with Crippen molar-refractivity contribution in [3.63, 3.8) is 0 Å². The van der Waals surface area contributed by atoms with Crippen LogP contribution in [0.3, 0.4) is 0 Å². The number of anilines is 2. The van der Waals surface area contributed by atoms with Crippen LogP contribution in [0.5, 0.6) is 0 Å². The first-order chi connectivity index (χ1) is 10.1. The quantitative estimate of drug-likeness (QED) is 0.572. The number of carbonyl (C=O) groups is 1. The fourth-order valence-electron chi connectivity index (χ4n) is 2.60. The fourth-order valence-corrected chi connectivity index (χ4v) is 2.60. The summed E-state index contributed by atoms with van der Waals surface area (Å²) >= 11 is 0. The van der Waals surface area contributed by atoms with Crippen LogP contribution >= 0.6 is 0 Å². The van der Waals surface area contributed by atoms with E-state index in [0.717, 1.165) is 28.0 Å². The number of para-hydroxylation sites is 2. The number of aromatic nitrogens is 2. The van der Waals surface area contributed by atoms with Crippen LogP contribution in [-0.2, 0) is 11.8 Å². The van der Waals surface area contributed by atoms with Crippen LogP contribution in [0.2, 0.25) is 0 Å². The SMILES string of the molecule is Cc1cc(-c2nc3ccccc3n2C)cc(N)c1NC=O. The molecule has 21 heavy (non-hydrogen) atoms. The van der Waals surface area contributed by atoms with E-state index in [9.17, 15) is 4.79 Å². The van der Waals surface area contributed by atoms with Gasteiger partial charge in [0.1, 0.15) is 5.82 Å². The van der Waals surface area contributed by atoms with Gasteiger partial charge in [-0.1, -0.05) is 12.1 Å². The maximum Gasteiger partial charge on any atom is 0.211 e. The average Bonchev–Trinajstić information content (AvgIpc) is 2.80. The molecule has 0 bridgehead atoms. The van der Waals surface area contributed by atoms with Crippen molar-refractivity contribution in [3.05, 3.63) is 42.0 Å².